The molecule has 0 unspecified atom stereocenters. The Morgan fingerprint density at radius 3 is 2.48 bits per heavy atom. The molecule has 178 valence electrons. The van der Waals surface area contributed by atoms with Crippen molar-refractivity contribution in [2.45, 2.75) is 25.2 Å². The molecule has 1 atom stereocenters. The smallest absolute Gasteiger partial charge is 0.264 e. The number of hydrogen-bond acceptors (Lipinski definition) is 6. The van der Waals surface area contributed by atoms with Gasteiger partial charge in [0.2, 0.25) is 0 Å². The number of benzene rings is 2. The lowest BCUT2D eigenvalue weighted by atomic mass is 9.77. The summed E-state index contributed by atoms with van der Waals surface area (Å²) in [6.45, 7) is 2.35. The molecular weight excluding hydrogens is 487 g/mol. The number of rotatable bonds is 7. The zero-order valence-electron chi connectivity index (χ0n) is 18.7. The molecule has 2 aromatic carbocycles. The molecule has 0 bridgehead atoms. The lowest BCUT2D eigenvalue weighted by Crippen LogP contribution is -2.35. The molecule has 33 heavy (non-hydrogen) atoms. The summed E-state index contributed by atoms with van der Waals surface area (Å²) in [5.74, 6) is 0.369. The van der Waals surface area contributed by atoms with E-state index in [9.17, 15) is 13.2 Å². The Morgan fingerprint density at radius 1 is 1.21 bits per heavy atom. The van der Waals surface area contributed by atoms with E-state index in [1.807, 2.05) is 12.1 Å². The molecule has 0 N–H and O–H groups in total. The maximum absolute atomic E-state index is 13.2. The fourth-order valence-electron chi connectivity index (χ4n) is 3.84. The maximum Gasteiger partial charge on any atom is 0.264 e. The van der Waals surface area contributed by atoms with Gasteiger partial charge in [-0.25, -0.2) is 0 Å². The van der Waals surface area contributed by atoms with Gasteiger partial charge in [0.15, 0.2) is 0 Å². The van der Waals surface area contributed by atoms with Crippen molar-refractivity contribution in [2.24, 2.45) is 0 Å². The van der Waals surface area contributed by atoms with E-state index in [0.717, 1.165) is 11.8 Å². The van der Waals surface area contributed by atoms with Crippen molar-refractivity contribution in [3.63, 3.8) is 0 Å². The van der Waals surface area contributed by atoms with E-state index in [2.05, 4.69) is 0 Å². The Balaban J connectivity index is 0.00000122. The van der Waals surface area contributed by atoms with Crippen LogP contribution in [-0.4, -0.2) is 52.3 Å². The third-order valence-corrected chi connectivity index (χ3v) is 6.72. The van der Waals surface area contributed by atoms with Gasteiger partial charge in [-0.3, -0.25) is 8.98 Å². The van der Waals surface area contributed by atoms with E-state index in [4.69, 9.17) is 37.4 Å². The van der Waals surface area contributed by atoms with E-state index in [0.29, 0.717) is 47.3 Å². The topological polar surface area (TPSA) is 96.7 Å². The lowest BCUT2D eigenvalue weighted by molar-refractivity contribution is 0.0777. The normalized spacial score (nSPS) is 17.6. The van der Waals surface area contributed by atoms with Crippen LogP contribution in [0, 0.1) is 11.3 Å². The molecule has 1 aliphatic rings. The van der Waals surface area contributed by atoms with Gasteiger partial charge in [-0.15, -0.1) is 0 Å². The Morgan fingerprint density at radius 2 is 1.88 bits per heavy atom. The highest BCUT2D eigenvalue weighted by Gasteiger charge is 2.42. The average Bonchev–Trinajstić information content (AvgIpc) is 3.20. The predicted octanol–water partition coefficient (Wildman–Crippen LogP) is 4.68. The van der Waals surface area contributed by atoms with Gasteiger partial charge in [0.25, 0.3) is 16.0 Å². The summed E-state index contributed by atoms with van der Waals surface area (Å²) in [5, 5.41) is 8.16. The van der Waals surface area contributed by atoms with E-state index in [1.54, 1.807) is 41.3 Å². The van der Waals surface area contributed by atoms with Gasteiger partial charge in [-0.2, -0.15) is 13.7 Å². The molecule has 1 fully saturated rings. The number of methoxy groups -OCH3 is 1. The fraction of sp³-hybridized carbons (Fsp3) is 0.391. The van der Waals surface area contributed by atoms with E-state index in [-0.39, 0.29) is 12.5 Å². The van der Waals surface area contributed by atoms with E-state index in [1.165, 1.54) is 14.0 Å². The van der Waals surface area contributed by atoms with Gasteiger partial charge in [0.1, 0.15) is 5.75 Å². The predicted molar refractivity (Wildman–Crippen MR) is 128 cm³/mol. The summed E-state index contributed by atoms with van der Waals surface area (Å²) < 4.78 is 33.2. The minimum Gasteiger partial charge on any atom is -0.496 e. The third kappa shape index (κ3) is 7.08. The van der Waals surface area contributed by atoms with Gasteiger partial charge in [0.05, 0.1) is 41.7 Å². The van der Waals surface area contributed by atoms with Crippen LogP contribution < -0.4 is 4.74 Å². The molecule has 7 nitrogen and oxygen atoms in total. The number of hydrogen-bond donors (Lipinski definition) is 0. The molecule has 10 heteroatoms. The summed E-state index contributed by atoms with van der Waals surface area (Å²) in [7, 11) is -2.04. The molecular formula is C23H26Cl2N2O5S. The Hall–Kier alpha value is -2.31. The number of halogens is 2. The first-order chi connectivity index (χ1) is 15.6. The van der Waals surface area contributed by atoms with Gasteiger partial charge in [0, 0.05) is 25.4 Å². The maximum atomic E-state index is 13.2. The number of nitriles is 1. The first-order valence-corrected chi connectivity index (χ1v) is 12.7. The number of amides is 1. The second-order valence-electron chi connectivity index (χ2n) is 7.59. The molecule has 3 rings (SSSR count). The number of carbonyl (C=O) groups excluding carboxylic acids is 1. The van der Waals surface area contributed by atoms with Crippen LogP contribution in [0.25, 0.3) is 0 Å². The van der Waals surface area contributed by atoms with Crippen LogP contribution in [0.1, 0.15) is 35.7 Å². The van der Waals surface area contributed by atoms with Crippen molar-refractivity contribution in [2.75, 3.05) is 33.1 Å². The minimum absolute atomic E-state index is 0.00969. The van der Waals surface area contributed by atoms with Gasteiger partial charge in [-0.05, 0) is 42.7 Å². The Kier molecular flexibility index (Phi) is 9.56. The summed E-state index contributed by atoms with van der Waals surface area (Å²) in [6.07, 6.45) is 2.07. The molecule has 0 aliphatic carbocycles. The Bertz CT molecular complexity index is 1130. The summed E-state index contributed by atoms with van der Waals surface area (Å²) >= 11 is 12.3. The van der Waals surface area contributed by atoms with Crippen LogP contribution in [0.2, 0.25) is 10.0 Å². The Labute approximate surface area is 204 Å². The third-order valence-electron chi connectivity index (χ3n) is 5.39. The molecule has 0 spiro atoms. The lowest BCUT2D eigenvalue weighted by Gasteiger charge is -2.30. The van der Waals surface area contributed by atoms with Crippen molar-refractivity contribution in [3.05, 3.63) is 63.6 Å². The first-order valence-electron chi connectivity index (χ1n) is 10.1. The van der Waals surface area contributed by atoms with Crippen LogP contribution in [0.5, 0.6) is 5.75 Å². The van der Waals surface area contributed by atoms with Crippen LogP contribution in [0.4, 0.5) is 0 Å². The second kappa shape index (κ2) is 11.7. The van der Waals surface area contributed by atoms with Gasteiger partial charge in [-0.1, -0.05) is 41.4 Å². The molecule has 2 aromatic rings. The number of likely N-dealkylation sites (tertiary alicyclic amines) is 1. The summed E-state index contributed by atoms with van der Waals surface area (Å²) in [6, 6.07) is 14.2. The zero-order chi connectivity index (χ0) is 24.6. The molecule has 1 aliphatic heterocycles. The molecule has 0 saturated carbocycles. The van der Waals surface area contributed by atoms with Crippen molar-refractivity contribution in [1.82, 2.24) is 4.90 Å². The van der Waals surface area contributed by atoms with Crippen LogP contribution in [0.15, 0.2) is 42.5 Å². The van der Waals surface area contributed by atoms with E-state index < -0.39 is 15.5 Å². The quantitative estimate of drug-likeness (QED) is 0.499. The van der Waals surface area contributed by atoms with Gasteiger partial charge >= 0.3 is 0 Å². The second-order valence-corrected chi connectivity index (χ2v) is 10.0. The van der Waals surface area contributed by atoms with Crippen molar-refractivity contribution < 1.29 is 22.1 Å². The highest BCUT2D eigenvalue weighted by Crippen LogP contribution is 2.41. The number of ether oxygens (including phenoxy) is 1. The molecule has 0 radical (unpaired) electrons. The minimum atomic E-state index is -3.57. The number of carbonyl (C=O) groups is 1. The largest absolute Gasteiger partial charge is 0.496 e. The fourth-order valence-corrected chi connectivity index (χ4v) is 4.52. The van der Waals surface area contributed by atoms with Crippen LogP contribution in [0.3, 0.4) is 0 Å². The summed E-state index contributed by atoms with van der Waals surface area (Å²) in [5.41, 5.74) is 0.873. The molecule has 1 amide bonds. The number of nitrogens with zero attached hydrogens (tertiary/aromatic N) is 2. The van der Waals surface area contributed by atoms with E-state index >= 15 is 0 Å². The van der Waals surface area contributed by atoms with Gasteiger partial charge < -0.3 is 9.64 Å². The number of para-hydroxylation sites is 1. The van der Waals surface area contributed by atoms with Crippen LogP contribution >= 0.6 is 23.2 Å². The van der Waals surface area contributed by atoms with Crippen molar-refractivity contribution in [1.29, 1.82) is 5.26 Å². The molecule has 1 saturated heterocycles. The van der Waals surface area contributed by atoms with Crippen molar-refractivity contribution in [3.8, 4) is 11.8 Å². The average molecular weight is 513 g/mol. The zero-order valence-corrected chi connectivity index (χ0v) is 21.0. The molecule has 0 aromatic heterocycles. The highest BCUT2D eigenvalue weighted by molar-refractivity contribution is 7.85. The highest BCUT2D eigenvalue weighted by atomic mass is 35.5. The first kappa shape index (κ1) is 26.9. The van der Waals surface area contributed by atoms with Crippen LogP contribution in [-0.2, 0) is 19.7 Å². The standard InChI is InChI=1S/C21H23Cl2NO5S.C2H3N/c1-28-19-6-4-3-5-16(19)20(25)24-11-9-21(14-24,10-12-29-30(2,26)27)15-7-8-17(22)18(23)13-15;1-2-3/h3-8,13H,9-12,14H2,1-2H3;1H3/t21-;/m1./s1. The summed E-state index contributed by atoms with van der Waals surface area (Å²) in [4.78, 5) is 14.9. The molecule has 1 heterocycles. The monoisotopic (exact) mass is 512 g/mol. The van der Waals surface area contributed by atoms with Crippen molar-refractivity contribution >= 4 is 39.2 Å². The SMILES string of the molecule is CC#N.COc1ccccc1C(=O)N1CC[C@](CCOS(C)(=O)=O)(c2ccc(Cl)c(Cl)c2)C1.